The lowest BCUT2D eigenvalue weighted by atomic mass is 9.98. The van der Waals surface area contributed by atoms with Gasteiger partial charge >= 0.3 is 0 Å². The average molecular weight is 372 g/mol. The molecular formula is C18H20N4O3S. The molecule has 8 heteroatoms. The fourth-order valence-corrected chi connectivity index (χ4v) is 3.77. The number of hydrogen-bond donors (Lipinski definition) is 2. The topological polar surface area (TPSA) is 91.4 Å². The molecule has 1 aromatic heterocycles. The van der Waals surface area contributed by atoms with Crippen LogP contribution in [0.25, 0.3) is 0 Å². The minimum Gasteiger partial charge on any atom is -0.370 e. The smallest absolute Gasteiger partial charge is 0.252 e. The summed E-state index contributed by atoms with van der Waals surface area (Å²) in [5.41, 5.74) is 1.23. The Labute approximate surface area is 155 Å². The third-order valence-electron chi connectivity index (χ3n) is 4.09. The highest BCUT2D eigenvalue weighted by atomic mass is 32.1. The second-order valence-corrected chi connectivity index (χ2v) is 7.70. The van der Waals surface area contributed by atoms with Crippen LogP contribution in [0.2, 0.25) is 0 Å². The number of nitrogens with zero attached hydrogens (tertiary/aromatic N) is 2. The summed E-state index contributed by atoms with van der Waals surface area (Å²) in [6.07, 6.45) is 0. The average Bonchev–Trinajstić information content (AvgIpc) is 2.92. The molecule has 0 atom stereocenters. The van der Waals surface area contributed by atoms with Crippen LogP contribution in [0.15, 0.2) is 24.3 Å². The van der Waals surface area contributed by atoms with Crippen LogP contribution >= 0.6 is 11.3 Å². The lowest BCUT2D eigenvalue weighted by Crippen LogP contribution is -2.55. The molecule has 1 aromatic carbocycles. The van der Waals surface area contributed by atoms with Crippen LogP contribution in [0, 0.1) is 6.92 Å². The molecule has 0 aliphatic carbocycles. The second kappa shape index (κ2) is 6.53. The summed E-state index contributed by atoms with van der Waals surface area (Å²) < 4.78 is 0. The molecule has 1 aliphatic rings. The number of thiazole rings is 1. The van der Waals surface area contributed by atoms with Gasteiger partial charge in [-0.05, 0) is 32.9 Å². The number of para-hydroxylation sites is 2. The van der Waals surface area contributed by atoms with Gasteiger partial charge in [-0.15, -0.1) is 0 Å². The van der Waals surface area contributed by atoms with Gasteiger partial charge < -0.3 is 10.6 Å². The van der Waals surface area contributed by atoms with E-state index in [-0.39, 0.29) is 24.1 Å². The van der Waals surface area contributed by atoms with Crippen molar-refractivity contribution in [2.24, 2.45) is 0 Å². The van der Waals surface area contributed by atoms with Crippen LogP contribution in [0.1, 0.15) is 36.1 Å². The van der Waals surface area contributed by atoms with E-state index < -0.39 is 5.54 Å². The van der Waals surface area contributed by atoms with E-state index in [4.69, 9.17) is 0 Å². The number of hydrogen-bond acceptors (Lipinski definition) is 6. The number of rotatable bonds is 4. The van der Waals surface area contributed by atoms with Gasteiger partial charge in [0.2, 0.25) is 5.91 Å². The Kier molecular flexibility index (Phi) is 4.53. The van der Waals surface area contributed by atoms with Gasteiger partial charge in [-0.3, -0.25) is 19.3 Å². The molecule has 0 radical (unpaired) electrons. The summed E-state index contributed by atoms with van der Waals surface area (Å²) in [4.78, 5) is 43.0. The number of aryl methyl sites for hydroxylation is 1. The number of ketones is 1. The largest absolute Gasteiger partial charge is 0.370 e. The first-order chi connectivity index (χ1) is 12.2. The molecule has 0 unspecified atom stereocenters. The molecule has 0 spiro atoms. The van der Waals surface area contributed by atoms with Crippen molar-refractivity contribution in [2.75, 3.05) is 22.1 Å². The maximum absolute atomic E-state index is 12.8. The fraction of sp³-hybridized carbons (Fsp3) is 0.333. The highest BCUT2D eigenvalue weighted by Gasteiger charge is 2.39. The summed E-state index contributed by atoms with van der Waals surface area (Å²) in [6.45, 7) is 6.61. The molecule has 0 fully saturated rings. The van der Waals surface area contributed by atoms with Crippen molar-refractivity contribution in [3.8, 4) is 0 Å². The van der Waals surface area contributed by atoms with Gasteiger partial charge in [0.15, 0.2) is 10.9 Å². The Balaban J connectivity index is 1.81. The van der Waals surface area contributed by atoms with E-state index in [9.17, 15) is 14.4 Å². The maximum Gasteiger partial charge on any atom is 0.252 e. The third kappa shape index (κ3) is 3.32. The van der Waals surface area contributed by atoms with E-state index in [0.717, 1.165) is 17.0 Å². The number of aromatic nitrogens is 1. The van der Waals surface area contributed by atoms with Gasteiger partial charge in [-0.1, -0.05) is 23.5 Å². The molecule has 0 bridgehead atoms. The zero-order chi connectivity index (χ0) is 19.1. The molecule has 2 N–H and O–H groups in total. The number of amides is 2. The molecule has 136 valence electrons. The first kappa shape index (κ1) is 18.1. The summed E-state index contributed by atoms with van der Waals surface area (Å²) in [5.74, 6) is -0.644. The first-order valence-electron chi connectivity index (χ1n) is 8.16. The van der Waals surface area contributed by atoms with Gasteiger partial charge in [0.05, 0.1) is 21.9 Å². The van der Waals surface area contributed by atoms with Crippen molar-refractivity contribution in [2.45, 2.75) is 33.2 Å². The van der Waals surface area contributed by atoms with E-state index in [1.54, 1.807) is 26.8 Å². The number of anilines is 3. The lowest BCUT2D eigenvalue weighted by molar-refractivity contribution is -0.124. The zero-order valence-corrected chi connectivity index (χ0v) is 15.9. The maximum atomic E-state index is 12.8. The van der Waals surface area contributed by atoms with Gasteiger partial charge in [0, 0.05) is 6.92 Å². The Morgan fingerprint density at radius 1 is 1.31 bits per heavy atom. The summed E-state index contributed by atoms with van der Waals surface area (Å²) in [7, 11) is 0. The lowest BCUT2D eigenvalue weighted by Gasteiger charge is -2.39. The predicted octanol–water partition coefficient (Wildman–Crippen LogP) is 2.83. The van der Waals surface area contributed by atoms with Crippen LogP contribution in [0.3, 0.4) is 0 Å². The molecule has 26 heavy (non-hydrogen) atoms. The minimum atomic E-state index is -0.811. The van der Waals surface area contributed by atoms with Crippen LogP contribution in [0.4, 0.5) is 16.5 Å². The number of carbonyl (C=O) groups is 3. The molecule has 0 saturated heterocycles. The number of fused-ring (bicyclic) bond motifs is 1. The van der Waals surface area contributed by atoms with Crippen molar-refractivity contribution in [1.29, 1.82) is 0 Å². The number of benzene rings is 1. The Morgan fingerprint density at radius 3 is 2.65 bits per heavy atom. The van der Waals surface area contributed by atoms with Crippen molar-refractivity contribution in [3.05, 3.63) is 34.8 Å². The second-order valence-electron chi connectivity index (χ2n) is 6.70. The van der Waals surface area contributed by atoms with E-state index in [2.05, 4.69) is 15.6 Å². The zero-order valence-electron chi connectivity index (χ0n) is 15.0. The normalized spacial score (nSPS) is 15.2. The van der Waals surface area contributed by atoms with E-state index >= 15 is 0 Å². The Bertz CT molecular complexity index is 904. The summed E-state index contributed by atoms with van der Waals surface area (Å²) >= 11 is 1.14. The highest BCUT2D eigenvalue weighted by Crippen LogP contribution is 2.35. The fourth-order valence-electron chi connectivity index (χ4n) is 2.89. The monoisotopic (exact) mass is 372 g/mol. The van der Waals surface area contributed by atoms with Crippen LogP contribution in [-0.2, 0) is 9.59 Å². The van der Waals surface area contributed by atoms with Gasteiger partial charge in [0.25, 0.3) is 5.91 Å². The van der Waals surface area contributed by atoms with E-state index in [0.29, 0.717) is 21.4 Å². The molecule has 7 nitrogen and oxygen atoms in total. The van der Waals surface area contributed by atoms with Crippen molar-refractivity contribution in [3.63, 3.8) is 0 Å². The number of nitrogens with one attached hydrogen (secondary N) is 2. The molecular weight excluding hydrogens is 352 g/mol. The van der Waals surface area contributed by atoms with Crippen LogP contribution in [0.5, 0.6) is 0 Å². The van der Waals surface area contributed by atoms with Crippen molar-refractivity contribution >= 4 is 45.4 Å². The predicted molar refractivity (Wildman–Crippen MR) is 102 cm³/mol. The van der Waals surface area contributed by atoms with Crippen LogP contribution < -0.4 is 15.5 Å². The van der Waals surface area contributed by atoms with E-state index in [1.807, 2.05) is 18.2 Å². The number of Topliss-reactive ketones (excluding diaryl/α,β-unsaturated/α-hetero) is 1. The Morgan fingerprint density at radius 2 is 2.00 bits per heavy atom. The van der Waals surface area contributed by atoms with Gasteiger partial charge in [-0.2, -0.15) is 0 Å². The summed E-state index contributed by atoms with van der Waals surface area (Å²) in [6, 6.07) is 7.36. The molecule has 1 aliphatic heterocycles. The number of carbonyl (C=O) groups excluding carboxylic acids is 3. The van der Waals surface area contributed by atoms with Crippen molar-refractivity contribution < 1.29 is 14.4 Å². The molecule has 2 heterocycles. The van der Waals surface area contributed by atoms with Crippen LogP contribution in [-0.4, -0.2) is 34.7 Å². The minimum absolute atomic E-state index is 0.0894. The highest BCUT2D eigenvalue weighted by molar-refractivity contribution is 7.17. The molecule has 2 amide bonds. The van der Waals surface area contributed by atoms with Gasteiger partial charge in [-0.25, -0.2) is 4.98 Å². The quantitative estimate of drug-likeness (QED) is 0.805. The standard InChI is InChI=1S/C18H20N4O3S/c1-10-15(11(2)23)26-17(19-10)20-14(24)9-22-13-8-6-5-7-12(13)21-18(3,4)16(22)25/h5-8,21H,9H2,1-4H3,(H,19,20,24). The summed E-state index contributed by atoms with van der Waals surface area (Å²) in [5, 5.41) is 6.23. The Hall–Kier alpha value is -2.74. The first-order valence-corrected chi connectivity index (χ1v) is 8.98. The molecule has 3 rings (SSSR count). The van der Waals surface area contributed by atoms with Gasteiger partial charge in [0.1, 0.15) is 12.1 Å². The molecule has 2 aromatic rings. The molecule has 0 saturated carbocycles. The van der Waals surface area contributed by atoms with E-state index in [1.165, 1.54) is 11.8 Å². The van der Waals surface area contributed by atoms with Crippen molar-refractivity contribution in [1.82, 2.24) is 4.98 Å². The third-order valence-corrected chi connectivity index (χ3v) is 5.26. The SMILES string of the molecule is CC(=O)c1sc(NC(=O)CN2C(=O)C(C)(C)Nc3ccccc32)nc1C.